The van der Waals surface area contributed by atoms with Crippen molar-refractivity contribution in [2.45, 2.75) is 50.2 Å². The fourth-order valence-corrected chi connectivity index (χ4v) is 5.92. The van der Waals surface area contributed by atoms with E-state index in [-0.39, 0.29) is 11.8 Å². The third-order valence-corrected chi connectivity index (χ3v) is 8.58. The largest absolute Gasteiger partial charge is 0.350 e. The molecule has 228 valence electrons. The van der Waals surface area contributed by atoms with Crippen LogP contribution < -0.4 is 16.0 Å². The zero-order valence-corrected chi connectivity index (χ0v) is 25.8. The number of hydrogen-bond donors (Lipinski definition) is 3. The lowest BCUT2D eigenvalue weighted by molar-refractivity contribution is -0.123. The van der Waals surface area contributed by atoms with Crippen LogP contribution in [0.1, 0.15) is 53.2 Å². The molecule has 1 fully saturated rings. The molecular formula is C38H37ClN4O2. The number of pyridine rings is 1. The van der Waals surface area contributed by atoms with Gasteiger partial charge in [0.05, 0.1) is 5.52 Å². The van der Waals surface area contributed by atoms with Gasteiger partial charge < -0.3 is 16.0 Å². The van der Waals surface area contributed by atoms with Gasteiger partial charge in [0.15, 0.2) is 0 Å². The predicted molar refractivity (Wildman–Crippen MR) is 181 cm³/mol. The van der Waals surface area contributed by atoms with Crippen molar-refractivity contribution in [1.82, 2.24) is 20.9 Å². The highest BCUT2D eigenvalue weighted by atomic mass is 35.5. The Bertz CT molecular complexity index is 1760. The Kier molecular flexibility index (Phi) is 9.83. The van der Waals surface area contributed by atoms with Crippen LogP contribution in [-0.2, 0) is 11.3 Å². The highest BCUT2D eigenvalue weighted by molar-refractivity contribution is 6.30. The second-order valence-corrected chi connectivity index (χ2v) is 12.1. The van der Waals surface area contributed by atoms with E-state index < -0.39 is 6.04 Å². The summed E-state index contributed by atoms with van der Waals surface area (Å²) < 4.78 is 0. The lowest BCUT2D eigenvalue weighted by atomic mass is 10.0. The Labute approximate surface area is 269 Å². The summed E-state index contributed by atoms with van der Waals surface area (Å²) in [6.45, 7) is 1.19. The Morgan fingerprint density at radius 1 is 0.822 bits per heavy atom. The molecule has 6 nitrogen and oxygen atoms in total. The number of fused-ring (bicyclic) bond motifs is 1. The topological polar surface area (TPSA) is 83.1 Å². The van der Waals surface area contributed by atoms with E-state index in [0.717, 1.165) is 59.1 Å². The number of benzene rings is 4. The van der Waals surface area contributed by atoms with E-state index in [1.807, 2.05) is 72.8 Å². The molecule has 5 aromatic rings. The van der Waals surface area contributed by atoms with Crippen LogP contribution in [0.2, 0.25) is 5.02 Å². The third kappa shape index (κ3) is 8.15. The number of nitrogens with one attached hydrogen (secondary N) is 3. The molecule has 1 aromatic heterocycles. The average Bonchev–Trinajstić information content (AvgIpc) is 3.86. The maximum atomic E-state index is 13.3. The van der Waals surface area contributed by atoms with E-state index in [9.17, 15) is 9.59 Å². The van der Waals surface area contributed by atoms with Crippen LogP contribution in [-0.4, -0.2) is 35.4 Å². The molecule has 1 saturated carbocycles. The predicted octanol–water partition coefficient (Wildman–Crippen LogP) is 7.29. The van der Waals surface area contributed by atoms with Gasteiger partial charge in [0.1, 0.15) is 6.04 Å². The van der Waals surface area contributed by atoms with E-state index in [2.05, 4.69) is 40.2 Å². The summed E-state index contributed by atoms with van der Waals surface area (Å²) in [7, 11) is 0. The Morgan fingerprint density at radius 3 is 2.42 bits per heavy atom. The smallest absolute Gasteiger partial charge is 0.251 e. The minimum Gasteiger partial charge on any atom is -0.350 e. The van der Waals surface area contributed by atoms with Crippen LogP contribution in [0.25, 0.3) is 22.0 Å². The van der Waals surface area contributed by atoms with Gasteiger partial charge in [-0.1, -0.05) is 90.5 Å². The van der Waals surface area contributed by atoms with Crippen molar-refractivity contribution in [3.8, 4) is 11.1 Å². The van der Waals surface area contributed by atoms with Gasteiger partial charge in [-0.2, -0.15) is 0 Å². The molecule has 2 amide bonds. The number of unbranched alkanes of at least 4 members (excludes halogenated alkanes) is 1. The van der Waals surface area contributed by atoms with Crippen molar-refractivity contribution in [1.29, 1.82) is 0 Å². The number of aromatic nitrogens is 1. The maximum Gasteiger partial charge on any atom is 0.251 e. The zero-order chi connectivity index (χ0) is 31.0. The average molecular weight is 617 g/mol. The summed E-state index contributed by atoms with van der Waals surface area (Å²) >= 11 is 6.12. The van der Waals surface area contributed by atoms with Crippen molar-refractivity contribution in [2.24, 2.45) is 0 Å². The lowest BCUT2D eigenvalue weighted by Gasteiger charge is -2.19. The molecule has 0 radical (unpaired) electrons. The molecule has 0 saturated heterocycles. The number of carbonyl (C=O) groups is 2. The van der Waals surface area contributed by atoms with Crippen molar-refractivity contribution >= 4 is 34.3 Å². The zero-order valence-electron chi connectivity index (χ0n) is 25.1. The number of hydrogen-bond acceptors (Lipinski definition) is 4. The molecule has 0 bridgehead atoms. The number of carbonyl (C=O) groups excluding carboxylic acids is 2. The summed E-state index contributed by atoms with van der Waals surface area (Å²) in [6, 6.07) is 37.2. The van der Waals surface area contributed by atoms with Crippen LogP contribution in [0.4, 0.5) is 0 Å². The Morgan fingerprint density at radius 2 is 1.60 bits per heavy atom. The number of nitrogens with zero attached hydrogens (tertiary/aromatic N) is 1. The highest BCUT2D eigenvalue weighted by Gasteiger charge is 2.38. The summed E-state index contributed by atoms with van der Waals surface area (Å²) in [5.74, 6) is -0.0339. The van der Waals surface area contributed by atoms with E-state index in [0.29, 0.717) is 35.5 Å². The number of amides is 2. The molecule has 0 aliphatic heterocycles. The number of rotatable bonds is 13. The molecule has 45 heavy (non-hydrogen) atoms. The van der Waals surface area contributed by atoms with Gasteiger partial charge in [-0.3, -0.25) is 14.6 Å². The quantitative estimate of drug-likeness (QED) is 0.121. The van der Waals surface area contributed by atoms with E-state index >= 15 is 0 Å². The standard InChI is InChI=1S/C38H37ClN4O2/c39-31-13-8-9-26(23-31)25-41-38(45)35(43-37(44)30-18-16-28(17-19-30)27-10-2-1-3-11-27)15-6-7-22-40-36-24-32(36)34-21-20-29-12-4-5-14-33(29)42-34/h1-5,8-14,16-21,23,32,35-36,40H,6-7,15,22,24-25H2,(H,41,45)(H,43,44)/t32-,35?,36+/m0/s1. The van der Waals surface area contributed by atoms with Gasteiger partial charge in [0, 0.05) is 40.2 Å². The van der Waals surface area contributed by atoms with Crippen LogP contribution in [0.15, 0.2) is 115 Å². The SMILES string of the molecule is O=C(NC(CCCCN[C@@H]1C[C@H]1c1ccc2ccccc2n1)C(=O)NCc1cccc(Cl)c1)c1ccc(-c2ccccc2)cc1. The number of halogens is 1. The van der Waals surface area contributed by atoms with E-state index in [4.69, 9.17) is 16.6 Å². The van der Waals surface area contributed by atoms with Crippen molar-refractivity contribution < 1.29 is 9.59 Å². The second-order valence-electron chi connectivity index (χ2n) is 11.6. The molecular weight excluding hydrogens is 580 g/mol. The molecule has 3 atom stereocenters. The van der Waals surface area contributed by atoms with Gasteiger partial charge in [-0.05, 0) is 85.3 Å². The molecule has 1 aliphatic carbocycles. The summed E-state index contributed by atoms with van der Waals surface area (Å²) in [4.78, 5) is 31.4. The molecule has 1 aliphatic rings. The summed E-state index contributed by atoms with van der Waals surface area (Å²) in [6.07, 6.45) is 3.31. The molecule has 0 spiro atoms. The first-order chi connectivity index (χ1) is 22.0. The first-order valence-electron chi connectivity index (χ1n) is 15.6. The van der Waals surface area contributed by atoms with Crippen LogP contribution in [0.3, 0.4) is 0 Å². The molecule has 1 heterocycles. The molecule has 7 heteroatoms. The van der Waals surface area contributed by atoms with Gasteiger partial charge in [-0.15, -0.1) is 0 Å². The van der Waals surface area contributed by atoms with Gasteiger partial charge in [0.2, 0.25) is 5.91 Å². The molecule has 1 unspecified atom stereocenters. The normalized spacial score (nSPS) is 16.2. The van der Waals surface area contributed by atoms with E-state index in [1.165, 1.54) is 0 Å². The van der Waals surface area contributed by atoms with E-state index in [1.54, 1.807) is 18.2 Å². The lowest BCUT2D eigenvalue weighted by Crippen LogP contribution is -2.46. The minimum absolute atomic E-state index is 0.207. The fourth-order valence-electron chi connectivity index (χ4n) is 5.71. The van der Waals surface area contributed by atoms with Crippen LogP contribution >= 0.6 is 11.6 Å². The van der Waals surface area contributed by atoms with Crippen LogP contribution in [0.5, 0.6) is 0 Å². The fraction of sp³-hybridized carbons (Fsp3) is 0.237. The third-order valence-electron chi connectivity index (χ3n) is 8.35. The van der Waals surface area contributed by atoms with Crippen molar-refractivity contribution in [3.05, 3.63) is 137 Å². The van der Waals surface area contributed by atoms with Crippen molar-refractivity contribution in [3.63, 3.8) is 0 Å². The summed E-state index contributed by atoms with van der Waals surface area (Å²) in [5, 5.41) is 11.4. The first kappa shape index (κ1) is 30.5. The van der Waals surface area contributed by atoms with Crippen molar-refractivity contribution in [2.75, 3.05) is 6.54 Å². The highest BCUT2D eigenvalue weighted by Crippen LogP contribution is 2.40. The number of para-hydroxylation sites is 1. The maximum absolute atomic E-state index is 13.3. The molecule has 6 rings (SSSR count). The van der Waals surface area contributed by atoms with Gasteiger partial charge >= 0.3 is 0 Å². The van der Waals surface area contributed by atoms with Gasteiger partial charge in [-0.25, -0.2) is 0 Å². The Hall–Kier alpha value is -4.52. The minimum atomic E-state index is -0.652. The second kappa shape index (κ2) is 14.5. The molecule has 4 aromatic carbocycles. The Balaban J connectivity index is 1.02. The first-order valence-corrected chi connectivity index (χ1v) is 16.0. The molecule has 3 N–H and O–H groups in total. The monoisotopic (exact) mass is 616 g/mol. The summed E-state index contributed by atoms with van der Waals surface area (Å²) in [5.41, 5.74) is 5.72. The van der Waals surface area contributed by atoms with Gasteiger partial charge in [0.25, 0.3) is 5.91 Å². The van der Waals surface area contributed by atoms with Crippen LogP contribution in [0, 0.1) is 0 Å².